The van der Waals surface area contributed by atoms with E-state index < -0.39 is 17.3 Å². The van der Waals surface area contributed by atoms with Gasteiger partial charge in [-0.15, -0.1) is 0 Å². The van der Waals surface area contributed by atoms with E-state index in [1.807, 2.05) is 0 Å². The first-order valence-corrected chi connectivity index (χ1v) is 7.25. The molecule has 1 aliphatic heterocycles. The van der Waals surface area contributed by atoms with E-state index in [1.165, 1.54) is 23.0 Å². The van der Waals surface area contributed by atoms with Gasteiger partial charge >= 0.3 is 6.18 Å². The van der Waals surface area contributed by atoms with Crippen LogP contribution in [0.25, 0.3) is 10.9 Å². The molecule has 2 aromatic rings. The van der Waals surface area contributed by atoms with Crippen molar-refractivity contribution in [2.24, 2.45) is 0 Å². The molecular weight excluding hydrogens is 295 g/mol. The minimum absolute atomic E-state index is 0.0766. The van der Waals surface area contributed by atoms with E-state index in [9.17, 15) is 18.0 Å². The van der Waals surface area contributed by atoms with Crippen molar-refractivity contribution in [3.8, 4) is 0 Å². The summed E-state index contributed by atoms with van der Waals surface area (Å²) in [7, 11) is 0. The normalized spacial score (nSPS) is 19.5. The summed E-state index contributed by atoms with van der Waals surface area (Å²) in [6.45, 7) is 1.21. The molecule has 0 aliphatic carbocycles. The van der Waals surface area contributed by atoms with Gasteiger partial charge in [0.2, 0.25) is 0 Å². The Balaban J connectivity index is 2.06. The summed E-state index contributed by atoms with van der Waals surface area (Å²) in [4.78, 5) is 16.5. The zero-order valence-corrected chi connectivity index (χ0v) is 11.9. The second-order valence-corrected chi connectivity index (χ2v) is 5.55. The molecule has 22 heavy (non-hydrogen) atoms. The summed E-state index contributed by atoms with van der Waals surface area (Å²) < 4.78 is 40.6. The Hall–Kier alpha value is -1.89. The first-order chi connectivity index (χ1) is 10.5. The lowest BCUT2D eigenvalue weighted by atomic mass is 10.0. The number of fused-ring (bicyclic) bond motifs is 1. The maximum atomic E-state index is 13.1. The Morgan fingerprint density at radius 3 is 2.82 bits per heavy atom. The van der Waals surface area contributed by atoms with Crippen molar-refractivity contribution in [2.75, 3.05) is 6.54 Å². The highest BCUT2D eigenvalue weighted by Gasteiger charge is 2.34. The third-order valence-corrected chi connectivity index (χ3v) is 3.99. The Labute approximate surface area is 125 Å². The predicted molar refractivity (Wildman–Crippen MR) is 76.6 cm³/mol. The average Bonchev–Trinajstić information content (AvgIpc) is 2.50. The molecule has 0 radical (unpaired) electrons. The van der Waals surface area contributed by atoms with E-state index >= 15 is 0 Å². The third kappa shape index (κ3) is 2.85. The lowest BCUT2D eigenvalue weighted by molar-refractivity contribution is -0.136. The molecule has 1 atom stereocenters. The average molecular weight is 311 g/mol. The van der Waals surface area contributed by atoms with E-state index in [0.717, 1.165) is 31.9 Å². The van der Waals surface area contributed by atoms with Gasteiger partial charge in [-0.2, -0.15) is 13.2 Å². The van der Waals surface area contributed by atoms with Gasteiger partial charge in [-0.05, 0) is 31.5 Å². The molecule has 0 saturated carbocycles. The molecule has 7 heteroatoms. The van der Waals surface area contributed by atoms with Crippen molar-refractivity contribution >= 4 is 10.9 Å². The number of alkyl halides is 3. The summed E-state index contributed by atoms with van der Waals surface area (Å²) in [6, 6.07) is 3.72. The number of benzene rings is 1. The highest BCUT2D eigenvalue weighted by Crippen LogP contribution is 2.32. The second-order valence-electron chi connectivity index (χ2n) is 5.55. The van der Waals surface area contributed by atoms with Gasteiger partial charge in [-0.1, -0.05) is 12.5 Å². The molecule has 1 saturated heterocycles. The van der Waals surface area contributed by atoms with Gasteiger partial charge in [0, 0.05) is 12.6 Å². The number of hydrogen-bond acceptors (Lipinski definition) is 3. The van der Waals surface area contributed by atoms with Crippen LogP contribution in [0.4, 0.5) is 13.2 Å². The number of nitrogens with one attached hydrogen (secondary N) is 1. The molecule has 1 N–H and O–H groups in total. The summed E-state index contributed by atoms with van der Waals surface area (Å²) in [6.07, 6.45) is -0.185. The number of halogens is 3. The first kappa shape index (κ1) is 15.0. The van der Waals surface area contributed by atoms with Crippen molar-refractivity contribution < 1.29 is 13.2 Å². The molecule has 2 heterocycles. The number of rotatable bonds is 2. The number of nitrogens with zero attached hydrogens (tertiary/aromatic N) is 2. The maximum Gasteiger partial charge on any atom is 0.417 e. The molecule has 0 bridgehead atoms. The third-order valence-electron chi connectivity index (χ3n) is 3.99. The lowest BCUT2D eigenvalue weighted by Crippen LogP contribution is -2.40. The Bertz CT molecular complexity index is 733. The van der Waals surface area contributed by atoms with Crippen molar-refractivity contribution in [1.82, 2.24) is 14.9 Å². The van der Waals surface area contributed by atoms with Crippen LogP contribution in [-0.4, -0.2) is 22.1 Å². The van der Waals surface area contributed by atoms with Crippen molar-refractivity contribution in [1.29, 1.82) is 0 Å². The van der Waals surface area contributed by atoms with Crippen LogP contribution in [0.3, 0.4) is 0 Å². The molecule has 1 aromatic heterocycles. The Morgan fingerprint density at radius 2 is 2.14 bits per heavy atom. The smallest absolute Gasteiger partial charge is 0.312 e. The van der Waals surface area contributed by atoms with E-state index in [-0.39, 0.29) is 16.9 Å². The van der Waals surface area contributed by atoms with Crippen LogP contribution in [0.5, 0.6) is 0 Å². The van der Waals surface area contributed by atoms with Crippen LogP contribution in [0, 0.1) is 0 Å². The number of hydrogen-bond donors (Lipinski definition) is 1. The SMILES string of the molecule is O=c1c2c(C(F)(F)F)cccc2ncn1CC1CCCCN1. The van der Waals surface area contributed by atoms with E-state index in [2.05, 4.69) is 10.3 Å². The minimum Gasteiger partial charge on any atom is -0.312 e. The minimum atomic E-state index is -4.57. The second kappa shape index (κ2) is 5.72. The fraction of sp³-hybridized carbons (Fsp3) is 0.467. The number of piperidine rings is 1. The van der Waals surface area contributed by atoms with Gasteiger partial charge in [-0.25, -0.2) is 4.98 Å². The van der Waals surface area contributed by atoms with Crippen molar-refractivity contribution in [3.05, 3.63) is 40.4 Å². The van der Waals surface area contributed by atoms with Gasteiger partial charge in [0.15, 0.2) is 0 Å². The molecular formula is C15H16F3N3O. The van der Waals surface area contributed by atoms with Gasteiger partial charge in [0.1, 0.15) is 0 Å². The lowest BCUT2D eigenvalue weighted by Gasteiger charge is -2.24. The van der Waals surface area contributed by atoms with Crippen LogP contribution in [0.2, 0.25) is 0 Å². The highest BCUT2D eigenvalue weighted by molar-refractivity contribution is 5.81. The van der Waals surface area contributed by atoms with E-state index in [1.54, 1.807) is 0 Å². The van der Waals surface area contributed by atoms with Crippen molar-refractivity contribution in [2.45, 2.75) is 38.0 Å². The molecule has 4 nitrogen and oxygen atoms in total. The fourth-order valence-electron chi connectivity index (χ4n) is 2.88. The Kier molecular flexibility index (Phi) is 3.90. The van der Waals surface area contributed by atoms with Crippen LogP contribution in [0.1, 0.15) is 24.8 Å². The Morgan fingerprint density at radius 1 is 1.32 bits per heavy atom. The zero-order chi connectivity index (χ0) is 15.7. The van der Waals surface area contributed by atoms with E-state index in [0.29, 0.717) is 6.54 Å². The molecule has 1 aliphatic rings. The van der Waals surface area contributed by atoms with Gasteiger partial charge in [-0.3, -0.25) is 9.36 Å². The molecule has 1 fully saturated rings. The molecule has 1 unspecified atom stereocenters. The maximum absolute atomic E-state index is 13.1. The molecule has 0 amide bonds. The summed E-state index contributed by atoms with van der Waals surface area (Å²) in [5.74, 6) is 0. The molecule has 1 aromatic carbocycles. The highest BCUT2D eigenvalue weighted by atomic mass is 19.4. The van der Waals surface area contributed by atoms with Crippen LogP contribution >= 0.6 is 0 Å². The van der Waals surface area contributed by atoms with Crippen LogP contribution < -0.4 is 10.9 Å². The monoisotopic (exact) mass is 311 g/mol. The van der Waals surface area contributed by atoms with Gasteiger partial charge in [0.05, 0.1) is 22.8 Å². The summed E-state index contributed by atoms with van der Waals surface area (Å²) in [5, 5.41) is 2.92. The van der Waals surface area contributed by atoms with Gasteiger partial charge < -0.3 is 5.32 Å². The standard InChI is InChI=1S/C15H16F3N3O/c16-15(17,18)11-5-3-6-12-13(11)14(22)21(9-20-12)8-10-4-1-2-7-19-10/h3,5-6,9-10,19H,1-2,4,7-8H2. The van der Waals surface area contributed by atoms with Gasteiger partial charge in [0.25, 0.3) is 5.56 Å². The predicted octanol–water partition coefficient (Wildman–Crippen LogP) is 2.56. The summed E-state index contributed by atoms with van der Waals surface area (Å²) >= 11 is 0. The van der Waals surface area contributed by atoms with Crippen LogP contribution in [0.15, 0.2) is 29.3 Å². The van der Waals surface area contributed by atoms with E-state index in [4.69, 9.17) is 0 Å². The fourth-order valence-corrected chi connectivity index (χ4v) is 2.88. The number of aromatic nitrogens is 2. The largest absolute Gasteiger partial charge is 0.417 e. The summed E-state index contributed by atoms with van der Waals surface area (Å²) in [5.41, 5.74) is -1.48. The molecule has 0 spiro atoms. The molecule has 118 valence electrons. The van der Waals surface area contributed by atoms with Crippen LogP contribution in [-0.2, 0) is 12.7 Å². The zero-order valence-electron chi connectivity index (χ0n) is 11.9. The quantitative estimate of drug-likeness (QED) is 0.927. The molecule has 3 rings (SSSR count). The van der Waals surface area contributed by atoms with Crippen molar-refractivity contribution in [3.63, 3.8) is 0 Å². The topological polar surface area (TPSA) is 46.9 Å². The first-order valence-electron chi connectivity index (χ1n) is 7.25.